The van der Waals surface area contributed by atoms with Crippen molar-refractivity contribution in [2.24, 2.45) is 0 Å². The van der Waals surface area contributed by atoms with Crippen molar-refractivity contribution < 1.29 is 4.79 Å². The third-order valence-corrected chi connectivity index (χ3v) is 9.24. The summed E-state index contributed by atoms with van der Waals surface area (Å²) in [5, 5.41) is 7.36. The first-order valence-electron chi connectivity index (χ1n) is 12.0. The van der Waals surface area contributed by atoms with Gasteiger partial charge in [-0.15, -0.1) is 11.3 Å². The predicted octanol–water partition coefficient (Wildman–Crippen LogP) is 6.24. The molecule has 3 aromatic heterocycles. The topological polar surface area (TPSA) is 61.4 Å². The van der Waals surface area contributed by atoms with Gasteiger partial charge in [0.05, 0.1) is 15.5 Å². The zero-order valence-electron chi connectivity index (χ0n) is 19.6. The Morgan fingerprint density at radius 1 is 1.12 bits per heavy atom. The van der Waals surface area contributed by atoms with Crippen molar-refractivity contribution in [3.05, 3.63) is 45.6 Å². The number of halogens is 1. The Labute approximate surface area is 214 Å². The SMILES string of the molecule is Cc1cc(C(=O)Nc2nc(-c3cc(Cl)cs3)c(N3CCN(C4CCCCC4)CC3)s2)cnc1C. The number of piperazine rings is 1. The highest BCUT2D eigenvalue weighted by molar-refractivity contribution is 7.21. The van der Waals surface area contributed by atoms with E-state index in [0.717, 1.165) is 59.1 Å². The van der Waals surface area contributed by atoms with E-state index in [2.05, 4.69) is 20.1 Å². The van der Waals surface area contributed by atoms with Crippen LogP contribution in [0, 0.1) is 13.8 Å². The molecule has 1 saturated carbocycles. The molecular formula is C25H30ClN5OS2. The number of thiazole rings is 1. The van der Waals surface area contributed by atoms with E-state index >= 15 is 0 Å². The molecular weight excluding hydrogens is 486 g/mol. The number of rotatable bonds is 5. The van der Waals surface area contributed by atoms with Gasteiger partial charge in [0, 0.05) is 49.5 Å². The minimum Gasteiger partial charge on any atom is -0.359 e. The van der Waals surface area contributed by atoms with E-state index in [1.165, 1.54) is 32.1 Å². The van der Waals surface area contributed by atoms with Crippen LogP contribution in [0.5, 0.6) is 0 Å². The maximum atomic E-state index is 12.9. The van der Waals surface area contributed by atoms with Crippen LogP contribution < -0.4 is 10.2 Å². The quantitative estimate of drug-likeness (QED) is 0.435. The van der Waals surface area contributed by atoms with Gasteiger partial charge in [-0.25, -0.2) is 4.98 Å². The van der Waals surface area contributed by atoms with Crippen LogP contribution in [0.15, 0.2) is 23.7 Å². The van der Waals surface area contributed by atoms with Gasteiger partial charge >= 0.3 is 0 Å². The smallest absolute Gasteiger partial charge is 0.259 e. The molecule has 2 aliphatic rings. The van der Waals surface area contributed by atoms with E-state index in [9.17, 15) is 4.79 Å². The molecule has 0 bridgehead atoms. The molecule has 5 rings (SSSR count). The molecule has 0 spiro atoms. The fourth-order valence-corrected chi connectivity index (χ4v) is 7.01. The van der Waals surface area contributed by atoms with Crippen LogP contribution in [-0.4, -0.2) is 53.0 Å². The first kappa shape index (κ1) is 23.7. The molecule has 1 amide bonds. The average molecular weight is 516 g/mol. The molecule has 180 valence electrons. The Morgan fingerprint density at radius 3 is 2.56 bits per heavy atom. The molecule has 6 nitrogen and oxygen atoms in total. The average Bonchev–Trinajstić information content (AvgIpc) is 3.47. The number of thiophene rings is 1. The lowest BCUT2D eigenvalue weighted by molar-refractivity contribution is 0.102. The molecule has 1 aliphatic carbocycles. The van der Waals surface area contributed by atoms with Gasteiger partial charge in [0.15, 0.2) is 5.13 Å². The molecule has 9 heteroatoms. The van der Waals surface area contributed by atoms with Crippen molar-refractivity contribution in [2.75, 3.05) is 36.4 Å². The second kappa shape index (κ2) is 10.3. The fourth-order valence-electron chi connectivity index (χ4n) is 4.85. The summed E-state index contributed by atoms with van der Waals surface area (Å²) in [5.41, 5.74) is 3.37. The summed E-state index contributed by atoms with van der Waals surface area (Å²) < 4.78 is 0. The van der Waals surface area contributed by atoms with E-state index in [4.69, 9.17) is 16.6 Å². The summed E-state index contributed by atoms with van der Waals surface area (Å²) >= 11 is 9.37. The van der Waals surface area contributed by atoms with E-state index in [1.807, 2.05) is 31.4 Å². The standard InChI is InChI=1S/C25H30ClN5OS2/c1-16-12-18(14-27-17(16)2)23(32)29-25-28-22(21-13-19(26)15-33-21)24(34-25)31-10-8-30(9-11-31)20-6-4-3-5-7-20/h12-15,20H,3-11H2,1-2H3,(H,28,29,32). The van der Waals surface area contributed by atoms with Crippen LogP contribution in [0.2, 0.25) is 5.02 Å². The Morgan fingerprint density at radius 2 is 1.88 bits per heavy atom. The van der Waals surface area contributed by atoms with Crippen LogP contribution >= 0.6 is 34.3 Å². The molecule has 34 heavy (non-hydrogen) atoms. The number of aromatic nitrogens is 2. The summed E-state index contributed by atoms with van der Waals surface area (Å²) in [7, 11) is 0. The highest BCUT2D eigenvalue weighted by Crippen LogP contribution is 2.42. The number of hydrogen-bond acceptors (Lipinski definition) is 7. The first-order chi connectivity index (χ1) is 16.5. The largest absolute Gasteiger partial charge is 0.359 e. The predicted molar refractivity (Wildman–Crippen MR) is 143 cm³/mol. The zero-order chi connectivity index (χ0) is 23.7. The Balaban J connectivity index is 1.36. The molecule has 0 unspecified atom stereocenters. The van der Waals surface area contributed by atoms with Gasteiger partial charge in [-0.2, -0.15) is 0 Å². The van der Waals surface area contributed by atoms with E-state index in [-0.39, 0.29) is 5.91 Å². The monoisotopic (exact) mass is 515 g/mol. The van der Waals surface area contributed by atoms with Crippen LogP contribution in [0.1, 0.15) is 53.7 Å². The summed E-state index contributed by atoms with van der Waals surface area (Å²) in [4.78, 5) is 28.2. The third-order valence-electron chi connectivity index (χ3n) is 6.93. The molecule has 0 aromatic carbocycles. The van der Waals surface area contributed by atoms with E-state index in [1.54, 1.807) is 28.9 Å². The molecule has 1 aliphatic heterocycles. The molecule has 0 atom stereocenters. The van der Waals surface area contributed by atoms with E-state index in [0.29, 0.717) is 15.7 Å². The first-order valence-corrected chi connectivity index (χ1v) is 14.0. The Bertz CT molecular complexity index is 1160. The highest BCUT2D eigenvalue weighted by Gasteiger charge is 2.28. The van der Waals surface area contributed by atoms with Crippen molar-refractivity contribution in [3.63, 3.8) is 0 Å². The number of carbonyl (C=O) groups excluding carboxylic acids is 1. The lowest BCUT2D eigenvalue weighted by Crippen LogP contribution is -2.50. The van der Waals surface area contributed by atoms with Crippen molar-refractivity contribution in [1.29, 1.82) is 0 Å². The fraction of sp³-hybridized carbons (Fsp3) is 0.480. The highest BCUT2D eigenvalue weighted by atomic mass is 35.5. The lowest BCUT2D eigenvalue weighted by atomic mass is 9.94. The molecule has 4 heterocycles. The van der Waals surface area contributed by atoms with Gasteiger partial charge in [0.25, 0.3) is 5.91 Å². The Hall–Kier alpha value is -2.00. The second-order valence-electron chi connectivity index (χ2n) is 9.20. The van der Waals surface area contributed by atoms with Gasteiger partial charge in [-0.05, 0) is 44.4 Å². The number of anilines is 2. The Kier molecular flexibility index (Phi) is 7.20. The normalized spacial score (nSPS) is 17.8. The summed E-state index contributed by atoms with van der Waals surface area (Å²) in [6.07, 6.45) is 8.41. The summed E-state index contributed by atoms with van der Waals surface area (Å²) in [6.45, 7) is 7.99. The van der Waals surface area contributed by atoms with Gasteiger partial charge in [0.2, 0.25) is 0 Å². The van der Waals surface area contributed by atoms with Crippen molar-refractivity contribution >= 4 is 50.3 Å². The minimum atomic E-state index is -0.186. The van der Waals surface area contributed by atoms with Gasteiger partial charge in [0.1, 0.15) is 10.7 Å². The summed E-state index contributed by atoms with van der Waals surface area (Å²) in [5.74, 6) is -0.186. The van der Waals surface area contributed by atoms with Gasteiger partial charge in [-0.1, -0.05) is 42.2 Å². The maximum absolute atomic E-state index is 12.9. The number of aryl methyl sites for hydroxylation is 2. The van der Waals surface area contributed by atoms with Gasteiger partial charge < -0.3 is 4.90 Å². The van der Waals surface area contributed by atoms with Gasteiger partial charge in [-0.3, -0.25) is 20.0 Å². The number of pyridine rings is 1. The molecule has 1 N–H and O–H groups in total. The number of hydrogen-bond donors (Lipinski definition) is 1. The maximum Gasteiger partial charge on any atom is 0.259 e. The molecule has 0 radical (unpaired) electrons. The van der Waals surface area contributed by atoms with Crippen LogP contribution in [0.25, 0.3) is 10.6 Å². The minimum absolute atomic E-state index is 0.186. The lowest BCUT2D eigenvalue weighted by Gasteiger charge is -2.41. The second-order valence-corrected chi connectivity index (χ2v) is 11.5. The number of nitrogens with zero attached hydrogens (tertiary/aromatic N) is 4. The zero-order valence-corrected chi connectivity index (χ0v) is 22.0. The van der Waals surface area contributed by atoms with Crippen LogP contribution in [0.3, 0.4) is 0 Å². The van der Waals surface area contributed by atoms with Crippen LogP contribution in [-0.2, 0) is 0 Å². The summed E-state index contributed by atoms with van der Waals surface area (Å²) in [6, 6.07) is 4.58. The van der Waals surface area contributed by atoms with Crippen LogP contribution in [0.4, 0.5) is 10.1 Å². The molecule has 2 fully saturated rings. The third kappa shape index (κ3) is 5.15. The molecule has 1 saturated heterocycles. The van der Waals surface area contributed by atoms with Crippen molar-refractivity contribution in [2.45, 2.75) is 52.0 Å². The van der Waals surface area contributed by atoms with E-state index < -0.39 is 0 Å². The van der Waals surface area contributed by atoms with Crippen molar-refractivity contribution in [3.8, 4) is 10.6 Å². The number of carbonyl (C=O) groups is 1. The van der Waals surface area contributed by atoms with Crippen molar-refractivity contribution in [1.82, 2.24) is 14.9 Å². The number of amides is 1. The molecule has 3 aromatic rings. The number of nitrogens with one attached hydrogen (secondary N) is 1.